The molecule has 1 fully saturated rings. The van der Waals surface area contributed by atoms with E-state index in [0.717, 1.165) is 12.8 Å². The third kappa shape index (κ3) is 2.82. The van der Waals surface area contributed by atoms with E-state index in [1.807, 2.05) is 0 Å². The molecule has 2 rings (SSSR count). The minimum absolute atomic E-state index is 0.0235. The van der Waals surface area contributed by atoms with Crippen LogP contribution in [0.4, 0.5) is 0 Å². The second kappa shape index (κ2) is 4.87. The maximum Gasteiger partial charge on any atom is 0.253 e. The van der Waals surface area contributed by atoms with Crippen molar-refractivity contribution in [2.75, 3.05) is 7.05 Å². The molecule has 1 aromatic rings. The standard InChI is InChI=1S/C11H13ClN2O3S/c1-13-18(16,17)8-4-5-10(12)9(6-8)11(15)14-7-2-3-7/h4-7,13H,2-3H2,1H3,(H,14,15). The normalized spacial score (nSPS) is 15.4. The highest BCUT2D eigenvalue weighted by Crippen LogP contribution is 2.23. The molecule has 18 heavy (non-hydrogen) atoms. The Kier molecular flexibility index (Phi) is 3.61. The number of amides is 1. The molecular weight excluding hydrogens is 276 g/mol. The Morgan fingerprint density at radius 2 is 2.06 bits per heavy atom. The monoisotopic (exact) mass is 288 g/mol. The first-order chi connectivity index (χ1) is 8.44. The van der Waals surface area contributed by atoms with Crippen molar-refractivity contribution >= 4 is 27.5 Å². The summed E-state index contributed by atoms with van der Waals surface area (Å²) in [5.74, 6) is -0.337. The van der Waals surface area contributed by atoms with Crippen LogP contribution in [0.3, 0.4) is 0 Å². The molecule has 1 amide bonds. The predicted molar refractivity (Wildman–Crippen MR) is 68.2 cm³/mol. The molecule has 0 radical (unpaired) electrons. The van der Waals surface area contributed by atoms with Crippen molar-refractivity contribution < 1.29 is 13.2 Å². The van der Waals surface area contributed by atoms with Crippen LogP contribution in [-0.4, -0.2) is 27.4 Å². The third-order valence-electron chi connectivity index (χ3n) is 2.67. The molecule has 0 saturated heterocycles. The van der Waals surface area contributed by atoms with Crippen molar-refractivity contribution in [3.63, 3.8) is 0 Å². The van der Waals surface area contributed by atoms with Gasteiger partial charge in [0.15, 0.2) is 0 Å². The van der Waals surface area contributed by atoms with Crippen LogP contribution in [0.1, 0.15) is 23.2 Å². The minimum Gasteiger partial charge on any atom is -0.349 e. The molecule has 1 aromatic carbocycles. The smallest absolute Gasteiger partial charge is 0.253 e. The largest absolute Gasteiger partial charge is 0.349 e. The lowest BCUT2D eigenvalue weighted by molar-refractivity contribution is 0.0951. The summed E-state index contributed by atoms with van der Waals surface area (Å²) in [6.45, 7) is 0. The number of benzene rings is 1. The van der Waals surface area contributed by atoms with Gasteiger partial charge in [0, 0.05) is 6.04 Å². The lowest BCUT2D eigenvalue weighted by Gasteiger charge is -2.08. The van der Waals surface area contributed by atoms with Crippen molar-refractivity contribution in [2.24, 2.45) is 0 Å². The fraction of sp³-hybridized carbons (Fsp3) is 0.364. The zero-order valence-electron chi connectivity index (χ0n) is 9.73. The van der Waals surface area contributed by atoms with Crippen LogP contribution in [0.5, 0.6) is 0 Å². The van der Waals surface area contributed by atoms with E-state index in [1.54, 1.807) is 0 Å². The second-order valence-electron chi connectivity index (χ2n) is 4.10. The number of carbonyl (C=O) groups is 1. The molecule has 0 aliphatic heterocycles. The van der Waals surface area contributed by atoms with Crippen LogP contribution >= 0.6 is 11.6 Å². The van der Waals surface area contributed by atoms with E-state index in [4.69, 9.17) is 11.6 Å². The first-order valence-electron chi connectivity index (χ1n) is 5.48. The van der Waals surface area contributed by atoms with E-state index in [9.17, 15) is 13.2 Å². The summed E-state index contributed by atoms with van der Waals surface area (Å²) in [5.41, 5.74) is 0.180. The first-order valence-corrected chi connectivity index (χ1v) is 7.34. The number of sulfonamides is 1. The van der Waals surface area contributed by atoms with Crippen LogP contribution in [0, 0.1) is 0 Å². The summed E-state index contributed by atoms with van der Waals surface area (Å²) in [4.78, 5) is 11.9. The lowest BCUT2D eigenvalue weighted by Crippen LogP contribution is -2.26. The quantitative estimate of drug-likeness (QED) is 0.872. The average molecular weight is 289 g/mol. The molecule has 98 valence electrons. The molecule has 0 unspecified atom stereocenters. The van der Waals surface area contributed by atoms with Gasteiger partial charge in [-0.05, 0) is 38.1 Å². The molecule has 1 aliphatic carbocycles. The van der Waals surface area contributed by atoms with Gasteiger partial charge >= 0.3 is 0 Å². The number of rotatable bonds is 4. The van der Waals surface area contributed by atoms with Gasteiger partial charge in [-0.2, -0.15) is 0 Å². The molecule has 0 atom stereocenters. The van der Waals surface area contributed by atoms with Crippen molar-refractivity contribution in [1.29, 1.82) is 0 Å². The van der Waals surface area contributed by atoms with Gasteiger partial charge in [0.1, 0.15) is 0 Å². The molecule has 0 spiro atoms. The van der Waals surface area contributed by atoms with Gasteiger partial charge in [-0.25, -0.2) is 13.1 Å². The van der Waals surface area contributed by atoms with Crippen LogP contribution in [-0.2, 0) is 10.0 Å². The van der Waals surface area contributed by atoms with Gasteiger partial charge in [-0.15, -0.1) is 0 Å². The second-order valence-corrected chi connectivity index (χ2v) is 6.39. The Morgan fingerprint density at radius 1 is 1.39 bits per heavy atom. The molecule has 0 aromatic heterocycles. The van der Waals surface area contributed by atoms with E-state index >= 15 is 0 Å². The summed E-state index contributed by atoms with van der Waals surface area (Å²) >= 11 is 5.91. The zero-order chi connectivity index (χ0) is 13.3. The van der Waals surface area contributed by atoms with Crippen LogP contribution in [0.15, 0.2) is 23.1 Å². The molecule has 1 saturated carbocycles. The molecule has 2 N–H and O–H groups in total. The van der Waals surface area contributed by atoms with Gasteiger partial charge < -0.3 is 5.32 Å². The molecule has 7 heteroatoms. The molecule has 0 bridgehead atoms. The van der Waals surface area contributed by atoms with Crippen molar-refractivity contribution in [2.45, 2.75) is 23.8 Å². The highest BCUT2D eigenvalue weighted by Gasteiger charge is 2.25. The van der Waals surface area contributed by atoms with E-state index in [0.29, 0.717) is 0 Å². The first kappa shape index (κ1) is 13.3. The van der Waals surface area contributed by atoms with Crippen LogP contribution in [0.2, 0.25) is 5.02 Å². The predicted octanol–water partition coefficient (Wildman–Crippen LogP) is 1.14. The molecule has 5 nitrogen and oxygen atoms in total. The zero-order valence-corrected chi connectivity index (χ0v) is 11.3. The summed E-state index contributed by atoms with van der Waals surface area (Å²) in [6, 6.07) is 4.25. The topological polar surface area (TPSA) is 75.3 Å². The third-order valence-corrected chi connectivity index (χ3v) is 4.42. The van der Waals surface area contributed by atoms with Crippen LogP contribution < -0.4 is 10.0 Å². The molecule has 1 aliphatic rings. The summed E-state index contributed by atoms with van der Waals surface area (Å²) in [6.07, 6.45) is 1.91. The minimum atomic E-state index is -3.57. The highest BCUT2D eigenvalue weighted by molar-refractivity contribution is 7.89. The molecule has 0 heterocycles. The fourth-order valence-electron chi connectivity index (χ4n) is 1.45. The Labute approximate surface area is 111 Å². The van der Waals surface area contributed by atoms with Gasteiger partial charge in [-0.1, -0.05) is 11.6 Å². The van der Waals surface area contributed by atoms with E-state index < -0.39 is 10.0 Å². The Balaban J connectivity index is 2.34. The maximum atomic E-state index is 11.9. The van der Waals surface area contributed by atoms with Gasteiger partial charge in [0.05, 0.1) is 15.5 Å². The van der Waals surface area contributed by atoms with Gasteiger partial charge in [-0.3, -0.25) is 4.79 Å². The van der Waals surface area contributed by atoms with Crippen molar-refractivity contribution in [3.05, 3.63) is 28.8 Å². The summed E-state index contributed by atoms with van der Waals surface area (Å²) in [5, 5.41) is 3.01. The summed E-state index contributed by atoms with van der Waals surface area (Å²) < 4.78 is 25.5. The van der Waals surface area contributed by atoms with E-state index in [-0.39, 0.29) is 27.4 Å². The van der Waals surface area contributed by atoms with Crippen LogP contribution in [0.25, 0.3) is 0 Å². The number of carbonyl (C=O) groups excluding carboxylic acids is 1. The number of halogens is 1. The average Bonchev–Trinajstić information content (AvgIpc) is 3.13. The Hall–Kier alpha value is -1.11. The Bertz CT molecular complexity index is 582. The van der Waals surface area contributed by atoms with Gasteiger partial charge in [0.2, 0.25) is 10.0 Å². The number of nitrogens with one attached hydrogen (secondary N) is 2. The van der Waals surface area contributed by atoms with E-state index in [1.165, 1.54) is 25.2 Å². The summed E-state index contributed by atoms with van der Waals surface area (Å²) in [7, 11) is -2.26. The fourth-order valence-corrected chi connectivity index (χ4v) is 2.41. The number of hydrogen-bond donors (Lipinski definition) is 2. The van der Waals surface area contributed by atoms with Crippen molar-refractivity contribution in [3.8, 4) is 0 Å². The van der Waals surface area contributed by atoms with Gasteiger partial charge in [0.25, 0.3) is 5.91 Å². The Morgan fingerprint density at radius 3 is 2.61 bits per heavy atom. The number of hydrogen-bond acceptors (Lipinski definition) is 3. The van der Waals surface area contributed by atoms with Crippen molar-refractivity contribution in [1.82, 2.24) is 10.0 Å². The molecular formula is C11H13ClN2O3S. The highest BCUT2D eigenvalue weighted by atomic mass is 35.5. The van der Waals surface area contributed by atoms with E-state index in [2.05, 4.69) is 10.0 Å². The SMILES string of the molecule is CNS(=O)(=O)c1ccc(Cl)c(C(=O)NC2CC2)c1. The maximum absolute atomic E-state index is 11.9. The lowest BCUT2D eigenvalue weighted by atomic mass is 10.2.